The van der Waals surface area contributed by atoms with Crippen molar-refractivity contribution in [2.24, 2.45) is 0 Å². The zero-order valence-corrected chi connectivity index (χ0v) is 15.5. The number of hydrogen-bond acceptors (Lipinski definition) is 3. The predicted molar refractivity (Wildman–Crippen MR) is 98.7 cm³/mol. The molecule has 0 aliphatic rings. The molecule has 24 heavy (non-hydrogen) atoms. The van der Waals surface area contributed by atoms with E-state index in [9.17, 15) is 14.7 Å². The summed E-state index contributed by atoms with van der Waals surface area (Å²) in [6, 6.07) is 6.64. The van der Waals surface area contributed by atoms with E-state index in [0.29, 0.717) is 28.5 Å². The van der Waals surface area contributed by atoms with Gasteiger partial charge >= 0.3 is 0 Å². The lowest BCUT2D eigenvalue weighted by Gasteiger charge is -2.28. The second-order valence-electron chi connectivity index (χ2n) is 6.09. The molecule has 0 saturated carbocycles. The Morgan fingerprint density at radius 2 is 2.04 bits per heavy atom. The topological polar surface area (TPSA) is 85.0 Å². The number of fused-ring (bicyclic) bond motifs is 1. The Hall–Kier alpha value is -2.12. The van der Waals surface area contributed by atoms with E-state index in [1.165, 1.54) is 0 Å². The lowest BCUT2D eigenvalue weighted by molar-refractivity contribution is -0.883. The van der Waals surface area contributed by atoms with Gasteiger partial charge in [0, 0.05) is 5.52 Å². The van der Waals surface area contributed by atoms with Crippen LogP contribution in [-0.2, 0) is 0 Å². The molecule has 1 heterocycles. The third-order valence-electron chi connectivity index (χ3n) is 3.73. The van der Waals surface area contributed by atoms with E-state index in [-0.39, 0.29) is 22.5 Å². The molecule has 6 nitrogen and oxygen atoms in total. The maximum atomic E-state index is 12.4. The van der Waals surface area contributed by atoms with Gasteiger partial charge in [0.05, 0.1) is 39.3 Å². The Kier molecular flexibility index (Phi) is 6.74. The van der Waals surface area contributed by atoms with Gasteiger partial charge in [0.15, 0.2) is 0 Å². The average Bonchev–Trinajstić information content (AvgIpc) is 2.47. The molecule has 130 valence electrons. The highest BCUT2D eigenvalue weighted by Crippen LogP contribution is 2.21. The molecular weight excluding hydrogens is 374 g/mol. The SMILES string of the molecule is Br.C=CC[N+](C)(C)CCNC(=O)c1c([O-])c2ccccc2[nH]c1=O. The Balaban J connectivity index is 0.00000288. The average molecular weight is 396 g/mol. The molecule has 0 atom stereocenters. The van der Waals surface area contributed by atoms with E-state index in [0.717, 1.165) is 6.54 Å². The summed E-state index contributed by atoms with van der Waals surface area (Å²) in [6.45, 7) is 5.49. The molecule has 0 bridgehead atoms. The minimum absolute atomic E-state index is 0. The molecule has 0 fully saturated rings. The van der Waals surface area contributed by atoms with E-state index in [4.69, 9.17) is 0 Å². The highest BCUT2D eigenvalue weighted by atomic mass is 79.9. The van der Waals surface area contributed by atoms with Crippen LogP contribution in [0.15, 0.2) is 41.7 Å². The summed E-state index contributed by atoms with van der Waals surface area (Å²) in [7, 11) is 4.02. The van der Waals surface area contributed by atoms with Crippen molar-refractivity contribution < 1.29 is 14.4 Å². The summed E-state index contributed by atoms with van der Waals surface area (Å²) in [5.74, 6) is -1.18. The Morgan fingerprint density at radius 1 is 1.38 bits per heavy atom. The number of nitrogens with one attached hydrogen (secondary N) is 2. The molecule has 0 saturated heterocycles. The number of amides is 1. The smallest absolute Gasteiger partial charge is 0.260 e. The van der Waals surface area contributed by atoms with Gasteiger partial charge in [-0.3, -0.25) is 9.59 Å². The first kappa shape index (κ1) is 19.9. The fourth-order valence-corrected chi connectivity index (χ4v) is 2.42. The number of pyridine rings is 1. The van der Waals surface area contributed by atoms with Crippen molar-refractivity contribution >= 4 is 33.8 Å². The molecule has 0 spiro atoms. The monoisotopic (exact) mass is 395 g/mol. The van der Waals surface area contributed by atoms with Crippen LogP contribution in [0.5, 0.6) is 5.75 Å². The Labute approximate surface area is 151 Å². The van der Waals surface area contributed by atoms with Crippen LogP contribution in [0, 0.1) is 0 Å². The van der Waals surface area contributed by atoms with Gasteiger partial charge in [0.2, 0.25) is 0 Å². The number of carbonyl (C=O) groups excluding carboxylic acids is 1. The van der Waals surface area contributed by atoms with Crippen LogP contribution in [0.2, 0.25) is 0 Å². The van der Waals surface area contributed by atoms with Crippen LogP contribution in [0.4, 0.5) is 0 Å². The van der Waals surface area contributed by atoms with Crippen LogP contribution in [0.1, 0.15) is 10.4 Å². The molecule has 2 rings (SSSR count). The van der Waals surface area contributed by atoms with Gasteiger partial charge in [-0.2, -0.15) is 0 Å². The summed E-state index contributed by atoms with van der Waals surface area (Å²) >= 11 is 0. The van der Waals surface area contributed by atoms with Crippen molar-refractivity contribution in [1.29, 1.82) is 0 Å². The maximum Gasteiger partial charge on any atom is 0.260 e. The second-order valence-corrected chi connectivity index (χ2v) is 6.09. The van der Waals surface area contributed by atoms with Gasteiger partial charge in [-0.25, -0.2) is 0 Å². The molecule has 0 unspecified atom stereocenters. The van der Waals surface area contributed by atoms with Crippen molar-refractivity contribution in [1.82, 2.24) is 10.3 Å². The number of H-pyrrole nitrogens is 1. The Morgan fingerprint density at radius 3 is 2.71 bits per heavy atom. The molecular formula is C17H22BrN3O3. The van der Waals surface area contributed by atoms with Crippen LogP contribution in [-0.4, -0.2) is 49.1 Å². The molecule has 2 N–H and O–H groups in total. The highest BCUT2D eigenvalue weighted by Gasteiger charge is 2.16. The van der Waals surface area contributed by atoms with Crippen LogP contribution < -0.4 is 16.0 Å². The van der Waals surface area contributed by atoms with E-state index >= 15 is 0 Å². The molecule has 1 aromatic carbocycles. The number of benzene rings is 1. The number of rotatable bonds is 6. The van der Waals surface area contributed by atoms with Crippen LogP contribution in [0.3, 0.4) is 0 Å². The fraction of sp³-hybridized carbons (Fsp3) is 0.294. The first-order chi connectivity index (χ1) is 10.9. The lowest BCUT2D eigenvalue weighted by Crippen LogP contribution is -2.45. The predicted octanol–water partition coefficient (Wildman–Crippen LogP) is 1.17. The summed E-state index contributed by atoms with van der Waals surface area (Å²) < 4.78 is 0.655. The number of hydrogen-bond donors (Lipinski definition) is 2. The molecule has 2 aromatic rings. The van der Waals surface area contributed by atoms with Crippen molar-refractivity contribution in [3.63, 3.8) is 0 Å². The van der Waals surface area contributed by atoms with Gasteiger partial charge in [-0.1, -0.05) is 30.5 Å². The molecule has 7 heteroatoms. The highest BCUT2D eigenvalue weighted by molar-refractivity contribution is 8.93. The molecule has 1 amide bonds. The summed E-state index contributed by atoms with van der Waals surface area (Å²) in [4.78, 5) is 26.8. The molecule has 0 aliphatic heterocycles. The van der Waals surface area contributed by atoms with Crippen molar-refractivity contribution in [2.45, 2.75) is 0 Å². The van der Waals surface area contributed by atoms with E-state index in [1.807, 2.05) is 20.2 Å². The number of quaternary nitrogens is 1. The molecule has 1 aromatic heterocycles. The normalized spacial score (nSPS) is 10.9. The fourth-order valence-electron chi connectivity index (χ4n) is 2.42. The van der Waals surface area contributed by atoms with Gasteiger partial charge in [0.25, 0.3) is 11.5 Å². The van der Waals surface area contributed by atoms with E-state index in [1.54, 1.807) is 24.3 Å². The maximum absolute atomic E-state index is 12.4. The number of nitrogens with zero attached hydrogens (tertiary/aromatic N) is 1. The number of para-hydroxylation sites is 1. The van der Waals surface area contributed by atoms with Crippen molar-refractivity contribution in [2.75, 3.05) is 33.7 Å². The zero-order valence-electron chi connectivity index (χ0n) is 13.8. The number of aromatic nitrogens is 1. The Bertz CT molecular complexity index is 799. The van der Waals surface area contributed by atoms with Gasteiger partial charge in [0.1, 0.15) is 0 Å². The molecule has 0 radical (unpaired) electrons. The van der Waals surface area contributed by atoms with Crippen molar-refractivity contribution in [3.05, 3.63) is 52.8 Å². The van der Waals surface area contributed by atoms with Gasteiger partial charge < -0.3 is 19.9 Å². The second kappa shape index (κ2) is 8.12. The summed E-state index contributed by atoms with van der Waals surface area (Å²) in [5.41, 5.74) is -0.591. The minimum atomic E-state index is -0.661. The van der Waals surface area contributed by atoms with Crippen molar-refractivity contribution in [3.8, 4) is 5.75 Å². The molecule has 0 aliphatic carbocycles. The number of aromatic amines is 1. The first-order valence-electron chi connectivity index (χ1n) is 7.39. The third kappa shape index (κ3) is 4.46. The van der Waals surface area contributed by atoms with E-state index in [2.05, 4.69) is 16.9 Å². The van der Waals surface area contributed by atoms with Crippen LogP contribution >= 0.6 is 17.0 Å². The largest absolute Gasteiger partial charge is 0.871 e. The van der Waals surface area contributed by atoms with Gasteiger partial charge in [-0.05, 0) is 17.5 Å². The van der Waals surface area contributed by atoms with E-state index < -0.39 is 17.2 Å². The zero-order chi connectivity index (χ0) is 17.0. The lowest BCUT2D eigenvalue weighted by atomic mass is 10.1. The first-order valence-corrected chi connectivity index (χ1v) is 7.39. The summed E-state index contributed by atoms with van der Waals surface area (Å²) in [5, 5.41) is 15.3. The quantitative estimate of drug-likeness (QED) is 0.568. The number of halogens is 1. The number of carbonyl (C=O) groups is 1. The minimum Gasteiger partial charge on any atom is -0.871 e. The van der Waals surface area contributed by atoms with Crippen LogP contribution in [0.25, 0.3) is 10.9 Å². The standard InChI is InChI=1S/C17H21N3O3.BrH/c1-4-10-20(2,3)11-9-18-16(22)14-15(21)12-7-5-6-8-13(12)19-17(14)23;/h4-8H,1,9-11H2,2-3H3,(H2-,18,19,21,22,23);1H. The third-order valence-corrected chi connectivity index (χ3v) is 3.73. The summed E-state index contributed by atoms with van der Waals surface area (Å²) in [6.07, 6.45) is 1.81. The van der Waals surface area contributed by atoms with Gasteiger partial charge in [-0.15, -0.1) is 17.0 Å². The number of likely N-dealkylation sites (N-methyl/N-ethyl adjacent to an activating group) is 1.